The molecule has 3 aromatic carbocycles. The summed E-state index contributed by atoms with van der Waals surface area (Å²) < 4.78 is 33.2. The predicted octanol–water partition coefficient (Wildman–Crippen LogP) is 5.45. The maximum absolute atomic E-state index is 13.5. The van der Waals surface area contributed by atoms with Gasteiger partial charge in [0.1, 0.15) is 12.3 Å². The van der Waals surface area contributed by atoms with Crippen LogP contribution in [0.1, 0.15) is 11.1 Å². The van der Waals surface area contributed by atoms with E-state index in [1.807, 2.05) is 19.9 Å². The van der Waals surface area contributed by atoms with Gasteiger partial charge >= 0.3 is 0 Å². The number of carbonyl (C=O) groups is 1. The fourth-order valence-corrected chi connectivity index (χ4v) is 4.92. The number of benzene rings is 3. The number of nitrogens with one attached hydrogen (secondary N) is 1. The van der Waals surface area contributed by atoms with E-state index in [1.165, 1.54) is 31.4 Å². The van der Waals surface area contributed by atoms with Gasteiger partial charge in [0, 0.05) is 5.02 Å². The summed E-state index contributed by atoms with van der Waals surface area (Å²) in [5.74, 6) is -0.113. The Hall–Kier alpha value is -2.74. The zero-order valence-electron chi connectivity index (χ0n) is 17.7. The molecular weight excluding hydrogens is 471 g/mol. The summed E-state index contributed by atoms with van der Waals surface area (Å²) in [5, 5.41) is 3.15. The number of sulfonamides is 1. The topological polar surface area (TPSA) is 75.7 Å². The first kappa shape index (κ1) is 23.9. The van der Waals surface area contributed by atoms with E-state index in [2.05, 4.69) is 5.32 Å². The van der Waals surface area contributed by atoms with E-state index in [1.54, 1.807) is 30.3 Å². The summed E-state index contributed by atoms with van der Waals surface area (Å²) in [6.45, 7) is 3.20. The van der Waals surface area contributed by atoms with E-state index in [4.69, 9.17) is 27.9 Å². The Morgan fingerprint density at radius 1 is 0.969 bits per heavy atom. The van der Waals surface area contributed by atoms with Crippen molar-refractivity contribution in [3.63, 3.8) is 0 Å². The van der Waals surface area contributed by atoms with Gasteiger partial charge in [0.15, 0.2) is 0 Å². The number of carbonyl (C=O) groups excluding carboxylic acids is 1. The Balaban J connectivity index is 2.02. The highest BCUT2D eigenvalue weighted by atomic mass is 35.5. The van der Waals surface area contributed by atoms with Gasteiger partial charge in [-0.25, -0.2) is 8.42 Å². The van der Waals surface area contributed by atoms with Gasteiger partial charge in [-0.1, -0.05) is 47.0 Å². The molecule has 0 unspecified atom stereocenters. The molecule has 0 aromatic heterocycles. The minimum absolute atomic E-state index is 0.0279. The van der Waals surface area contributed by atoms with E-state index in [9.17, 15) is 13.2 Å². The Labute approximate surface area is 197 Å². The molecule has 0 radical (unpaired) electrons. The van der Waals surface area contributed by atoms with Crippen LogP contribution < -0.4 is 14.4 Å². The Bertz CT molecular complexity index is 1250. The minimum atomic E-state index is -4.12. The number of methoxy groups -OCH3 is 1. The normalized spacial score (nSPS) is 11.2. The third-order valence-corrected chi connectivity index (χ3v) is 7.03. The number of aryl methyl sites for hydroxylation is 2. The van der Waals surface area contributed by atoms with Crippen LogP contribution in [0.15, 0.2) is 65.6 Å². The number of amides is 1. The predicted molar refractivity (Wildman–Crippen MR) is 129 cm³/mol. The van der Waals surface area contributed by atoms with Crippen molar-refractivity contribution in [3.05, 3.63) is 81.8 Å². The number of anilines is 2. The summed E-state index contributed by atoms with van der Waals surface area (Å²) in [5.41, 5.74) is 2.34. The first-order valence-electron chi connectivity index (χ1n) is 9.61. The van der Waals surface area contributed by atoms with Crippen molar-refractivity contribution in [2.45, 2.75) is 18.7 Å². The van der Waals surface area contributed by atoms with Crippen LogP contribution in [-0.4, -0.2) is 28.0 Å². The van der Waals surface area contributed by atoms with Crippen molar-refractivity contribution in [1.82, 2.24) is 0 Å². The van der Waals surface area contributed by atoms with Gasteiger partial charge in [-0.05, 0) is 61.9 Å². The molecule has 0 bridgehead atoms. The van der Waals surface area contributed by atoms with Crippen LogP contribution in [-0.2, 0) is 14.8 Å². The SMILES string of the molecule is COc1ccc(C)cc1NC(=O)CN(c1cc(Cl)ccc1Cl)S(=O)(=O)c1ccc(C)cc1. The van der Waals surface area contributed by atoms with Crippen LogP contribution >= 0.6 is 23.2 Å². The van der Waals surface area contributed by atoms with Crippen LogP contribution in [0.5, 0.6) is 5.75 Å². The quantitative estimate of drug-likeness (QED) is 0.475. The van der Waals surface area contributed by atoms with Crippen molar-refractivity contribution in [2.24, 2.45) is 0 Å². The van der Waals surface area contributed by atoms with Crippen molar-refractivity contribution in [1.29, 1.82) is 0 Å². The highest BCUT2D eigenvalue weighted by Crippen LogP contribution is 2.33. The smallest absolute Gasteiger partial charge is 0.264 e. The second-order valence-corrected chi connectivity index (χ2v) is 9.88. The molecule has 3 rings (SSSR count). The molecule has 32 heavy (non-hydrogen) atoms. The van der Waals surface area contributed by atoms with Crippen LogP contribution in [0.2, 0.25) is 10.0 Å². The first-order valence-corrected chi connectivity index (χ1v) is 11.8. The number of nitrogens with zero attached hydrogens (tertiary/aromatic N) is 1. The number of halogens is 2. The van der Waals surface area contributed by atoms with Crippen LogP contribution in [0.25, 0.3) is 0 Å². The molecule has 0 saturated carbocycles. The number of ether oxygens (including phenoxy) is 1. The fraction of sp³-hybridized carbons (Fsp3) is 0.174. The zero-order valence-corrected chi connectivity index (χ0v) is 20.1. The number of rotatable bonds is 7. The van der Waals surface area contributed by atoms with E-state index >= 15 is 0 Å². The molecule has 168 valence electrons. The second-order valence-electron chi connectivity index (χ2n) is 7.17. The molecule has 1 N–H and O–H groups in total. The Morgan fingerprint density at radius 3 is 2.28 bits per heavy atom. The van der Waals surface area contributed by atoms with E-state index in [-0.39, 0.29) is 20.6 Å². The third-order valence-electron chi connectivity index (χ3n) is 4.70. The Morgan fingerprint density at radius 2 is 1.62 bits per heavy atom. The van der Waals surface area contributed by atoms with E-state index in [0.29, 0.717) is 11.4 Å². The number of hydrogen-bond donors (Lipinski definition) is 1. The van der Waals surface area contributed by atoms with E-state index < -0.39 is 22.5 Å². The largest absolute Gasteiger partial charge is 0.495 e. The van der Waals surface area contributed by atoms with Gasteiger partial charge in [-0.3, -0.25) is 9.10 Å². The fourth-order valence-electron chi connectivity index (χ4n) is 3.05. The summed E-state index contributed by atoms with van der Waals surface area (Å²) in [4.78, 5) is 13.0. The summed E-state index contributed by atoms with van der Waals surface area (Å²) in [7, 11) is -2.64. The van der Waals surface area contributed by atoms with Gasteiger partial charge < -0.3 is 10.1 Å². The lowest BCUT2D eigenvalue weighted by Gasteiger charge is -2.25. The molecule has 0 heterocycles. The molecular formula is C23H22Cl2N2O4S. The van der Waals surface area contributed by atoms with Gasteiger partial charge in [-0.15, -0.1) is 0 Å². The standard InChI is InChI=1S/C23H22Cl2N2O4S/c1-15-4-8-18(9-5-15)32(29,30)27(21-13-17(24)7-10-19(21)25)14-23(28)26-20-12-16(2)6-11-22(20)31-3/h4-13H,14H2,1-3H3,(H,26,28). The highest BCUT2D eigenvalue weighted by molar-refractivity contribution is 7.92. The van der Waals surface area contributed by atoms with Crippen molar-refractivity contribution >= 4 is 50.5 Å². The Kier molecular flexibility index (Phi) is 7.33. The van der Waals surface area contributed by atoms with Crippen molar-refractivity contribution in [3.8, 4) is 5.75 Å². The van der Waals surface area contributed by atoms with Gasteiger partial charge in [0.25, 0.3) is 10.0 Å². The first-order chi connectivity index (χ1) is 15.1. The van der Waals surface area contributed by atoms with Crippen LogP contribution in [0.3, 0.4) is 0 Å². The van der Waals surface area contributed by atoms with Crippen molar-refractivity contribution < 1.29 is 17.9 Å². The molecule has 0 aliphatic carbocycles. The molecule has 0 aliphatic rings. The molecule has 6 nitrogen and oxygen atoms in total. The third kappa shape index (κ3) is 5.35. The lowest BCUT2D eigenvalue weighted by Crippen LogP contribution is -2.38. The van der Waals surface area contributed by atoms with Crippen molar-refractivity contribution in [2.75, 3.05) is 23.3 Å². The maximum atomic E-state index is 13.5. The average Bonchev–Trinajstić information content (AvgIpc) is 2.74. The molecule has 1 amide bonds. The zero-order chi connectivity index (χ0) is 23.5. The summed E-state index contributed by atoms with van der Waals surface area (Å²) in [6, 6.07) is 16.1. The molecule has 0 aliphatic heterocycles. The molecule has 9 heteroatoms. The second kappa shape index (κ2) is 9.81. The molecule has 3 aromatic rings. The molecule has 0 saturated heterocycles. The number of hydrogen-bond acceptors (Lipinski definition) is 4. The van der Waals surface area contributed by atoms with Crippen LogP contribution in [0.4, 0.5) is 11.4 Å². The summed E-state index contributed by atoms with van der Waals surface area (Å²) >= 11 is 12.4. The van der Waals surface area contributed by atoms with E-state index in [0.717, 1.165) is 15.4 Å². The highest BCUT2D eigenvalue weighted by Gasteiger charge is 2.29. The maximum Gasteiger partial charge on any atom is 0.264 e. The van der Waals surface area contributed by atoms with Gasteiger partial charge in [0.2, 0.25) is 5.91 Å². The monoisotopic (exact) mass is 492 g/mol. The lowest BCUT2D eigenvalue weighted by molar-refractivity contribution is -0.114. The van der Waals surface area contributed by atoms with Crippen LogP contribution in [0, 0.1) is 13.8 Å². The minimum Gasteiger partial charge on any atom is -0.495 e. The lowest BCUT2D eigenvalue weighted by atomic mass is 10.2. The average molecular weight is 493 g/mol. The molecule has 0 spiro atoms. The molecule has 0 atom stereocenters. The molecule has 0 fully saturated rings. The van der Waals surface area contributed by atoms with Gasteiger partial charge in [-0.2, -0.15) is 0 Å². The van der Waals surface area contributed by atoms with Gasteiger partial charge in [0.05, 0.1) is 28.4 Å². The summed E-state index contributed by atoms with van der Waals surface area (Å²) in [6.07, 6.45) is 0.